The van der Waals surface area contributed by atoms with Gasteiger partial charge in [0.1, 0.15) is 5.75 Å². The molecule has 2 aromatic rings. The third kappa shape index (κ3) is 4.54. The number of amides is 1. The Balaban J connectivity index is 2.12. The Kier molecular flexibility index (Phi) is 5.36. The highest BCUT2D eigenvalue weighted by Gasteiger charge is 2.14. The molecule has 0 heterocycles. The second-order valence-electron chi connectivity index (χ2n) is 4.93. The lowest BCUT2D eigenvalue weighted by molar-refractivity contribution is 0.0948. The van der Waals surface area contributed by atoms with Gasteiger partial charge in [0.25, 0.3) is 5.91 Å². The van der Waals surface area contributed by atoms with E-state index in [-0.39, 0.29) is 23.6 Å². The lowest BCUT2D eigenvalue weighted by atomic mass is 10.1. The number of hydrogen-bond acceptors (Lipinski definition) is 4. The van der Waals surface area contributed by atoms with Crippen LogP contribution in [0.25, 0.3) is 0 Å². The van der Waals surface area contributed by atoms with E-state index < -0.39 is 15.9 Å². The van der Waals surface area contributed by atoms with Crippen molar-refractivity contribution in [1.82, 2.24) is 10.0 Å². The lowest BCUT2D eigenvalue weighted by Gasteiger charge is -2.11. The average Bonchev–Trinajstić information content (AvgIpc) is 2.54. The zero-order valence-electron chi connectivity index (χ0n) is 12.6. The molecule has 0 radical (unpaired) electrons. The predicted molar refractivity (Wildman–Crippen MR) is 87.4 cm³/mol. The highest BCUT2D eigenvalue weighted by molar-refractivity contribution is 7.88. The van der Waals surface area contributed by atoms with Crippen LogP contribution in [-0.2, 0) is 22.3 Å². The smallest absolute Gasteiger partial charge is 0.255 e. The van der Waals surface area contributed by atoms with Gasteiger partial charge in [-0.05, 0) is 30.3 Å². The van der Waals surface area contributed by atoms with E-state index in [9.17, 15) is 18.3 Å². The van der Waals surface area contributed by atoms with Crippen molar-refractivity contribution in [2.45, 2.75) is 12.3 Å². The van der Waals surface area contributed by atoms with Crippen molar-refractivity contribution in [2.24, 2.45) is 0 Å². The summed E-state index contributed by atoms with van der Waals surface area (Å²) in [4.78, 5) is 12.1. The van der Waals surface area contributed by atoms with Crippen molar-refractivity contribution in [3.05, 3.63) is 65.2 Å². The van der Waals surface area contributed by atoms with Crippen molar-refractivity contribution < 1.29 is 18.3 Å². The van der Waals surface area contributed by atoms with Gasteiger partial charge < -0.3 is 10.4 Å². The summed E-state index contributed by atoms with van der Waals surface area (Å²) in [6, 6.07) is 13.2. The Morgan fingerprint density at radius 2 is 1.65 bits per heavy atom. The Morgan fingerprint density at radius 3 is 2.30 bits per heavy atom. The second kappa shape index (κ2) is 7.26. The number of carbonyl (C=O) groups excluding carboxylic acids is 1. The summed E-state index contributed by atoms with van der Waals surface area (Å²) in [5, 5.41) is 12.4. The summed E-state index contributed by atoms with van der Waals surface area (Å²) in [7, 11) is -2.04. The lowest BCUT2D eigenvalue weighted by Crippen LogP contribution is -2.25. The molecule has 2 rings (SSSR count). The molecule has 122 valence electrons. The molecule has 0 saturated carbocycles. The van der Waals surface area contributed by atoms with Crippen LogP contribution in [0.3, 0.4) is 0 Å². The Labute approximate surface area is 135 Å². The molecule has 0 aromatic heterocycles. The first-order chi connectivity index (χ1) is 10.9. The minimum Gasteiger partial charge on any atom is -0.507 e. The van der Waals surface area contributed by atoms with E-state index in [0.29, 0.717) is 11.1 Å². The number of carbonyl (C=O) groups is 1. The van der Waals surface area contributed by atoms with E-state index >= 15 is 0 Å². The van der Waals surface area contributed by atoms with Gasteiger partial charge in [0.15, 0.2) is 0 Å². The number of para-hydroxylation sites is 1. The second-order valence-corrected chi connectivity index (χ2v) is 6.86. The van der Waals surface area contributed by atoms with Gasteiger partial charge in [0.05, 0.1) is 11.3 Å². The molecule has 2 aromatic carbocycles. The van der Waals surface area contributed by atoms with Crippen molar-refractivity contribution in [2.75, 3.05) is 7.05 Å². The molecule has 6 nitrogen and oxygen atoms in total. The fourth-order valence-electron chi connectivity index (χ4n) is 2.08. The summed E-state index contributed by atoms with van der Waals surface area (Å²) in [6.07, 6.45) is 0. The van der Waals surface area contributed by atoms with Gasteiger partial charge >= 0.3 is 0 Å². The van der Waals surface area contributed by atoms with Gasteiger partial charge in [0, 0.05) is 6.54 Å². The van der Waals surface area contributed by atoms with Crippen LogP contribution in [0.1, 0.15) is 21.5 Å². The topological polar surface area (TPSA) is 95.5 Å². The highest BCUT2D eigenvalue weighted by atomic mass is 32.2. The van der Waals surface area contributed by atoms with Gasteiger partial charge in [0.2, 0.25) is 10.0 Å². The fourth-order valence-corrected chi connectivity index (χ4v) is 2.92. The van der Waals surface area contributed by atoms with Crippen LogP contribution in [-0.4, -0.2) is 26.5 Å². The molecule has 0 fully saturated rings. The van der Waals surface area contributed by atoms with Gasteiger partial charge in [-0.2, -0.15) is 0 Å². The van der Waals surface area contributed by atoms with E-state index in [1.54, 1.807) is 36.4 Å². The summed E-state index contributed by atoms with van der Waals surface area (Å²) >= 11 is 0. The third-order valence-electron chi connectivity index (χ3n) is 3.36. The quantitative estimate of drug-likeness (QED) is 0.743. The Bertz CT molecular complexity index is 803. The molecule has 0 atom stereocenters. The highest BCUT2D eigenvalue weighted by Crippen LogP contribution is 2.16. The maximum absolute atomic E-state index is 12.1. The number of benzene rings is 2. The molecular weight excluding hydrogens is 316 g/mol. The maximum Gasteiger partial charge on any atom is 0.255 e. The van der Waals surface area contributed by atoms with Gasteiger partial charge in [-0.15, -0.1) is 0 Å². The van der Waals surface area contributed by atoms with E-state index in [1.165, 1.54) is 19.2 Å². The largest absolute Gasteiger partial charge is 0.507 e. The summed E-state index contributed by atoms with van der Waals surface area (Å²) in [5.41, 5.74) is 1.49. The van der Waals surface area contributed by atoms with Gasteiger partial charge in [-0.1, -0.05) is 36.4 Å². The molecule has 0 aliphatic rings. The molecule has 0 saturated heterocycles. The molecule has 0 unspecified atom stereocenters. The standard InChI is InChI=1S/C16H18N2O4S/c1-17-23(21,22)11-13-7-3-2-6-12(13)10-18-16(20)14-8-4-5-9-15(14)19/h2-9,17,19H,10-11H2,1H3,(H,18,20). The number of phenols is 1. The Morgan fingerprint density at radius 1 is 1.04 bits per heavy atom. The zero-order chi connectivity index (χ0) is 16.9. The first-order valence-electron chi connectivity index (χ1n) is 6.97. The number of nitrogens with one attached hydrogen (secondary N) is 2. The van der Waals surface area contributed by atoms with Gasteiger partial charge in [-0.25, -0.2) is 13.1 Å². The fraction of sp³-hybridized carbons (Fsp3) is 0.188. The number of rotatable bonds is 6. The van der Waals surface area contributed by atoms with E-state index in [2.05, 4.69) is 10.0 Å². The SMILES string of the molecule is CNS(=O)(=O)Cc1ccccc1CNC(=O)c1ccccc1O. The van der Waals surface area contributed by atoms with Crippen molar-refractivity contribution >= 4 is 15.9 Å². The minimum absolute atomic E-state index is 0.101. The molecule has 0 spiro atoms. The third-order valence-corrected chi connectivity index (χ3v) is 4.68. The molecule has 1 amide bonds. The molecule has 0 bridgehead atoms. The normalized spacial score (nSPS) is 11.2. The van der Waals surface area contributed by atoms with Crippen LogP contribution in [0.5, 0.6) is 5.75 Å². The summed E-state index contributed by atoms with van der Waals surface area (Å²) < 4.78 is 25.7. The van der Waals surface area contributed by atoms with Crippen LogP contribution >= 0.6 is 0 Å². The zero-order valence-corrected chi connectivity index (χ0v) is 13.4. The van der Waals surface area contributed by atoms with Crippen LogP contribution in [0.15, 0.2) is 48.5 Å². The molecule has 7 heteroatoms. The first-order valence-corrected chi connectivity index (χ1v) is 8.62. The van der Waals surface area contributed by atoms with Crippen molar-refractivity contribution in [1.29, 1.82) is 0 Å². The van der Waals surface area contributed by atoms with Gasteiger partial charge in [-0.3, -0.25) is 4.79 Å². The number of phenolic OH excluding ortho intramolecular Hbond substituents is 1. The average molecular weight is 334 g/mol. The number of hydrogen-bond donors (Lipinski definition) is 3. The van der Waals surface area contributed by atoms with Crippen LogP contribution in [0, 0.1) is 0 Å². The first kappa shape index (κ1) is 17.0. The number of aromatic hydroxyl groups is 1. The Hall–Kier alpha value is -2.38. The molecule has 0 aliphatic heterocycles. The van der Waals surface area contributed by atoms with Crippen LogP contribution < -0.4 is 10.0 Å². The molecular formula is C16H18N2O4S. The summed E-state index contributed by atoms with van der Waals surface area (Å²) in [5.74, 6) is -0.683. The van der Waals surface area contributed by atoms with E-state index in [0.717, 1.165) is 0 Å². The minimum atomic E-state index is -3.40. The number of sulfonamides is 1. The summed E-state index contributed by atoms with van der Waals surface area (Å²) in [6.45, 7) is 0.169. The van der Waals surface area contributed by atoms with E-state index in [4.69, 9.17) is 0 Å². The van der Waals surface area contributed by atoms with Crippen molar-refractivity contribution in [3.8, 4) is 5.75 Å². The van der Waals surface area contributed by atoms with Crippen LogP contribution in [0.4, 0.5) is 0 Å². The molecule has 3 N–H and O–H groups in total. The van der Waals surface area contributed by atoms with Crippen molar-refractivity contribution in [3.63, 3.8) is 0 Å². The predicted octanol–water partition coefficient (Wildman–Crippen LogP) is 1.37. The van der Waals surface area contributed by atoms with E-state index in [1.807, 2.05) is 0 Å². The molecule has 0 aliphatic carbocycles. The maximum atomic E-state index is 12.1. The molecule has 23 heavy (non-hydrogen) atoms. The monoisotopic (exact) mass is 334 g/mol. The van der Waals surface area contributed by atoms with Crippen LogP contribution in [0.2, 0.25) is 0 Å².